The van der Waals surface area contributed by atoms with Gasteiger partial charge in [-0.05, 0) is 18.1 Å². The van der Waals surface area contributed by atoms with Crippen molar-refractivity contribution < 1.29 is 4.74 Å². The monoisotopic (exact) mass is 255 g/mol. The van der Waals surface area contributed by atoms with Gasteiger partial charge in [-0.1, -0.05) is 60.7 Å². The van der Waals surface area contributed by atoms with Crippen LogP contribution in [0.15, 0.2) is 60.7 Å². The molecule has 1 unspecified atom stereocenters. The van der Waals surface area contributed by atoms with Crippen LogP contribution in [-0.4, -0.2) is 19.8 Å². The second-order valence-corrected chi connectivity index (χ2v) is 4.71. The van der Waals surface area contributed by atoms with Crippen molar-refractivity contribution >= 4 is 0 Å². The van der Waals surface area contributed by atoms with Crippen LogP contribution in [0, 0.1) is 0 Å². The Labute approximate surface area is 115 Å². The molecule has 1 N–H and O–H groups in total. The predicted octanol–water partition coefficient (Wildman–Crippen LogP) is 3.40. The Morgan fingerprint density at radius 2 is 1.37 bits per heavy atom. The van der Waals surface area contributed by atoms with Gasteiger partial charge in [0, 0.05) is 13.7 Å². The Bertz CT molecular complexity index is 430. The number of rotatable bonds is 6. The Kier molecular flexibility index (Phi) is 5.13. The molecule has 1 atom stereocenters. The third-order valence-corrected chi connectivity index (χ3v) is 3.28. The van der Waals surface area contributed by atoms with E-state index in [1.807, 2.05) is 12.1 Å². The fourth-order valence-corrected chi connectivity index (χ4v) is 2.09. The summed E-state index contributed by atoms with van der Waals surface area (Å²) in [6.07, 6.45) is 0.204. The topological polar surface area (TPSA) is 21.3 Å². The van der Waals surface area contributed by atoms with Crippen molar-refractivity contribution in [2.75, 3.05) is 13.7 Å². The van der Waals surface area contributed by atoms with Gasteiger partial charge in [0.25, 0.3) is 0 Å². The van der Waals surface area contributed by atoms with Crippen molar-refractivity contribution in [1.29, 1.82) is 0 Å². The van der Waals surface area contributed by atoms with Crippen LogP contribution >= 0.6 is 0 Å². The molecule has 0 aliphatic heterocycles. The molecule has 2 nitrogen and oxygen atoms in total. The van der Waals surface area contributed by atoms with Crippen molar-refractivity contribution in [3.8, 4) is 0 Å². The van der Waals surface area contributed by atoms with Crippen LogP contribution in [0.4, 0.5) is 0 Å². The van der Waals surface area contributed by atoms with E-state index >= 15 is 0 Å². The molecule has 0 spiro atoms. The Morgan fingerprint density at radius 3 is 1.79 bits per heavy atom. The van der Waals surface area contributed by atoms with Crippen LogP contribution in [0.25, 0.3) is 0 Å². The van der Waals surface area contributed by atoms with Crippen LogP contribution < -0.4 is 5.32 Å². The third kappa shape index (κ3) is 3.91. The summed E-state index contributed by atoms with van der Waals surface area (Å²) in [4.78, 5) is 0. The van der Waals surface area contributed by atoms with Crippen LogP contribution in [0.2, 0.25) is 0 Å². The van der Waals surface area contributed by atoms with Gasteiger partial charge in [-0.3, -0.25) is 0 Å². The molecule has 100 valence electrons. The van der Waals surface area contributed by atoms with Crippen molar-refractivity contribution in [3.63, 3.8) is 0 Å². The summed E-state index contributed by atoms with van der Waals surface area (Å²) >= 11 is 0. The van der Waals surface area contributed by atoms with E-state index in [9.17, 15) is 0 Å². The standard InChI is InChI=1S/C17H21NO/c1-14(19-2)13-18-17(15-9-5-3-6-10-15)16-11-7-4-8-12-16/h3-12,14,17-18H,13H2,1-2H3. The van der Waals surface area contributed by atoms with Crippen molar-refractivity contribution in [2.24, 2.45) is 0 Å². The molecular weight excluding hydrogens is 234 g/mol. The zero-order valence-corrected chi connectivity index (χ0v) is 11.5. The van der Waals surface area contributed by atoms with Gasteiger partial charge >= 0.3 is 0 Å². The van der Waals surface area contributed by atoms with Crippen molar-refractivity contribution in [3.05, 3.63) is 71.8 Å². The van der Waals surface area contributed by atoms with Crippen LogP contribution in [-0.2, 0) is 4.74 Å². The second kappa shape index (κ2) is 7.07. The summed E-state index contributed by atoms with van der Waals surface area (Å²) in [5, 5.41) is 3.58. The van der Waals surface area contributed by atoms with E-state index < -0.39 is 0 Å². The average molecular weight is 255 g/mol. The predicted molar refractivity (Wildman–Crippen MR) is 79.2 cm³/mol. The molecular formula is C17H21NO. The van der Waals surface area contributed by atoms with E-state index in [1.165, 1.54) is 11.1 Å². The first-order valence-electron chi connectivity index (χ1n) is 6.67. The molecule has 0 amide bonds. The minimum absolute atomic E-state index is 0.204. The zero-order valence-electron chi connectivity index (χ0n) is 11.5. The van der Waals surface area contributed by atoms with E-state index in [-0.39, 0.29) is 12.1 Å². The summed E-state index contributed by atoms with van der Waals surface area (Å²) in [6.45, 7) is 2.89. The molecule has 2 rings (SSSR count). The highest BCUT2D eigenvalue weighted by molar-refractivity contribution is 5.31. The van der Waals surface area contributed by atoms with Crippen LogP contribution in [0.1, 0.15) is 24.1 Å². The Balaban J connectivity index is 2.19. The van der Waals surface area contributed by atoms with Gasteiger partial charge in [0.15, 0.2) is 0 Å². The number of methoxy groups -OCH3 is 1. The lowest BCUT2D eigenvalue weighted by atomic mass is 9.98. The number of nitrogens with one attached hydrogen (secondary N) is 1. The van der Waals surface area contributed by atoms with E-state index in [4.69, 9.17) is 4.74 Å². The molecule has 0 aliphatic carbocycles. The lowest BCUT2D eigenvalue weighted by molar-refractivity contribution is 0.115. The average Bonchev–Trinajstić information content (AvgIpc) is 2.49. The minimum Gasteiger partial charge on any atom is -0.380 e. The largest absolute Gasteiger partial charge is 0.380 e. The van der Waals surface area contributed by atoms with Crippen LogP contribution in [0.5, 0.6) is 0 Å². The van der Waals surface area contributed by atoms with E-state index in [1.54, 1.807) is 7.11 Å². The van der Waals surface area contributed by atoms with Crippen molar-refractivity contribution in [2.45, 2.75) is 19.1 Å². The van der Waals surface area contributed by atoms with E-state index in [2.05, 4.69) is 60.8 Å². The molecule has 0 saturated carbocycles. The van der Waals surface area contributed by atoms with Gasteiger partial charge in [-0.15, -0.1) is 0 Å². The molecule has 2 aromatic rings. The SMILES string of the molecule is COC(C)CNC(c1ccccc1)c1ccccc1. The summed E-state index contributed by atoms with van der Waals surface area (Å²) in [7, 11) is 1.74. The molecule has 19 heavy (non-hydrogen) atoms. The highest BCUT2D eigenvalue weighted by Crippen LogP contribution is 2.21. The Morgan fingerprint density at radius 1 is 0.895 bits per heavy atom. The summed E-state index contributed by atoms with van der Waals surface area (Å²) in [6, 6.07) is 21.2. The maximum atomic E-state index is 5.31. The highest BCUT2D eigenvalue weighted by atomic mass is 16.5. The smallest absolute Gasteiger partial charge is 0.0667 e. The summed E-state index contributed by atoms with van der Waals surface area (Å²) in [5.41, 5.74) is 2.55. The minimum atomic E-state index is 0.204. The summed E-state index contributed by atoms with van der Waals surface area (Å²) < 4.78 is 5.31. The zero-order chi connectivity index (χ0) is 13.5. The maximum Gasteiger partial charge on any atom is 0.0667 e. The molecule has 0 aromatic heterocycles. The number of benzene rings is 2. The van der Waals surface area contributed by atoms with E-state index in [0.717, 1.165) is 6.54 Å². The number of ether oxygens (including phenoxy) is 1. The van der Waals surface area contributed by atoms with Gasteiger partial charge in [0.2, 0.25) is 0 Å². The van der Waals surface area contributed by atoms with Gasteiger partial charge in [0.05, 0.1) is 12.1 Å². The molecule has 0 aliphatic rings. The molecule has 0 fully saturated rings. The number of hydrogen-bond acceptors (Lipinski definition) is 2. The van der Waals surface area contributed by atoms with Crippen molar-refractivity contribution in [1.82, 2.24) is 5.32 Å². The molecule has 0 radical (unpaired) electrons. The highest BCUT2D eigenvalue weighted by Gasteiger charge is 2.13. The van der Waals surface area contributed by atoms with Gasteiger partial charge in [-0.25, -0.2) is 0 Å². The normalized spacial score (nSPS) is 12.6. The lowest BCUT2D eigenvalue weighted by Crippen LogP contribution is -2.30. The molecule has 2 aromatic carbocycles. The lowest BCUT2D eigenvalue weighted by Gasteiger charge is -2.21. The molecule has 2 heteroatoms. The Hall–Kier alpha value is -1.64. The molecule has 0 heterocycles. The fraction of sp³-hybridized carbons (Fsp3) is 0.294. The maximum absolute atomic E-state index is 5.31. The number of hydrogen-bond donors (Lipinski definition) is 1. The third-order valence-electron chi connectivity index (χ3n) is 3.28. The van der Waals surface area contributed by atoms with Gasteiger partial charge in [-0.2, -0.15) is 0 Å². The van der Waals surface area contributed by atoms with Gasteiger partial charge in [0.1, 0.15) is 0 Å². The quantitative estimate of drug-likeness (QED) is 0.854. The van der Waals surface area contributed by atoms with Crippen LogP contribution in [0.3, 0.4) is 0 Å². The van der Waals surface area contributed by atoms with E-state index in [0.29, 0.717) is 0 Å². The fourth-order valence-electron chi connectivity index (χ4n) is 2.09. The second-order valence-electron chi connectivity index (χ2n) is 4.71. The summed E-state index contributed by atoms with van der Waals surface area (Å²) in [5.74, 6) is 0. The van der Waals surface area contributed by atoms with Gasteiger partial charge < -0.3 is 10.1 Å². The molecule has 0 bridgehead atoms. The first-order valence-corrected chi connectivity index (χ1v) is 6.67. The molecule has 0 saturated heterocycles. The first kappa shape index (κ1) is 13.8. The first-order chi connectivity index (χ1) is 9.31.